The molecule has 0 saturated carbocycles. The molecule has 0 aliphatic carbocycles. The van der Waals surface area contributed by atoms with Gasteiger partial charge >= 0.3 is 5.63 Å². The molecule has 0 fully saturated rings. The van der Waals surface area contributed by atoms with Gasteiger partial charge in [0.2, 0.25) is 0 Å². The van der Waals surface area contributed by atoms with Gasteiger partial charge in [0.05, 0.1) is 0 Å². The molecule has 4 heteroatoms. The molecule has 0 bridgehead atoms. The van der Waals surface area contributed by atoms with E-state index in [1.807, 2.05) is 25.1 Å². The fraction of sp³-hybridized carbons (Fsp3) is 0.143. The van der Waals surface area contributed by atoms with Gasteiger partial charge in [-0.15, -0.1) is 0 Å². The Kier molecular flexibility index (Phi) is 2.30. The van der Waals surface area contributed by atoms with Gasteiger partial charge in [-0.05, 0) is 18.6 Å². The first-order valence-corrected chi connectivity index (χ1v) is 5.60. The minimum atomic E-state index is -0.385. The van der Waals surface area contributed by atoms with Crippen molar-refractivity contribution < 1.29 is 8.83 Å². The van der Waals surface area contributed by atoms with Gasteiger partial charge in [0.15, 0.2) is 5.89 Å². The second-order valence-corrected chi connectivity index (χ2v) is 4.23. The SMILES string of the molecule is Cc1ccc2c(-c3coc(C)n3)cc(=O)oc2c1. The van der Waals surface area contributed by atoms with Gasteiger partial charge in [-0.3, -0.25) is 0 Å². The molecule has 0 radical (unpaired) electrons. The summed E-state index contributed by atoms with van der Waals surface area (Å²) in [5, 5.41) is 0.855. The smallest absolute Gasteiger partial charge is 0.336 e. The molecule has 90 valence electrons. The molecule has 18 heavy (non-hydrogen) atoms. The molecule has 0 unspecified atom stereocenters. The van der Waals surface area contributed by atoms with Crippen LogP contribution in [-0.4, -0.2) is 4.98 Å². The van der Waals surface area contributed by atoms with Crippen LogP contribution in [0.3, 0.4) is 0 Å². The highest BCUT2D eigenvalue weighted by atomic mass is 16.4. The first kappa shape index (κ1) is 10.8. The highest BCUT2D eigenvalue weighted by molar-refractivity contribution is 5.92. The molecule has 3 aromatic rings. The second kappa shape index (κ2) is 3.84. The Morgan fingerprint density at radius 3 is 2.72 bits per heavy atom. The van der Waals surface area contributed by atoms with Crippen LogP contribution >= 0.6 is 0 Å². The Labute approximate surface area is 103 Å². The fourth-order valence-corrected chi connectivity index (χ4v) is 1.97. The summed E-state index contributed by atoms with van der Waals surface area (Å²) in [6.07, 6.45) is 1.55. The number of oxazole rings is 1. The van der Waals surface area contributed by atoms with Crippen molar-refractivity contribution in [2.24, 2.45) is 0 Å². The average molecular weight is 241 g/mol. The maximum absolute atomic E-state index is 11.6. The Morgan fingerprint density at radius 1 is 1.17 bits per heavy atom. The number of rotatable bonds is 1. The molecule has 0 amide bonds. The van der Waals surface area contributed by atoms with Crippen LogP contribution in [0.25, 0.3) is 22.2 Å². The van der Waals surface area contributed by atoms with Crippen LogP contribution in [0, 0.1) is 13.8 Å². The lowest BCUT2D eigenvalue weighted by Gasteiger charge is -2.02. The van der Waals surface area contributed by atoms with Gasteiger partial charge in [-0.25, -0.2) is 9.78 Å². The maximum atomic E-state index is 11.6. The van der Waals surface area contributed by atoms with E-state index in [2.05, 4.69) is 4.98 Å². The summed E-state index contributed by atoms with van der Waals surface area (Å²) in [7, 11) is 0. The Morgan fingerprint density at radius 2 is 2.00 bits per heavy atom. The van der Waals surface area contributed by atoms with Gasteiger partial charge in [0, 0.05) is 23.9 Å². The second-order valence-electron chi connectivity index (χ2n) is 4.23. The van der Waals surface area contributed by atoms with E-state index in [0.717, 1.165) is 16.5 Å². The number of aromatic nitrogens is 1. The van der Waals surface area contributed by atoms with E-state index in [-0.39, 0.29) is 5.63 Å². The van der Waals surface area contributed by atoms with Crippen molar-refractivity contribution >= 4 is 11.0 Å². The summed E-state index contributed by atoms with van der Waals surface area (Å²) in [5.74, 6) is 0.568. The summed E-state index contributed by atoms with van der Waals surface area (Å²) < 4.78 is 10.4. The molecule has 2 heterocycles. The monoisotopic (exact) mass is 241 g/mol. The molecule has 0 saturated heterocycles. The molecule has 2 aromatic heterocycles. The van der Waals surface area contributed by atoms with E-state index in [0.29, 0.717) is 17.2 Å². The van der Waals surface area contributed by atoms with E-state index in [4.69, 9.17) is 8.83 Å². The van der Waals surface area contributed by atoms with E-state index in [9.17, 15) is 4.79 Å². The van der Waals surface area contributed by atoms with E-state index >= 15 is 0 Å². The maximum Gasteiger partial charge on any atom is 0.336 e. The molecule has 0 aliphatic heterocycles. The van der Waals surface area contributed by atoms with Crippen molar-refractivity contribution in [1.29, 1.82) is 0 Å². The zero-order chi connectivity index (χ0) is 12.7. The van der Waals surface area contributed by atoms with Gasteiger partial charge in [0.25, 0.3) is 0 Å². The van der Waals surface area contributed by atoms with Crippen LogP contribution in [-0.2, 0) is 0 Å². The molecule has 3 rings (SSSR count). The molecule has 0 spiro atoms. The normalized spacial score (nSPS) is 11.0. The summed E-state index contributed by atoms with van der Waals surface area (Å²) in [6, 6.07) is 7.17. The number of hydrogen-bond acceptors (Lipinski definition) is 4. The van der Waals surface area contributed by atoms with Crippen molar-refractivity contribution in [3.05, 3.63) is 52.4 Å². The standard InChI is InChI=1S/C14H11NO3/c1-8-3-4-10-11(12-7-17-9(2)15-12)6-14(16)18-13(10)5-8/h3-7H,1-2H3. The van der Waals surface area contributed by atoms with E-state index < -0.39 is 0 Å². The third-order valence-corrected chi connectivity index (χ3v) is 2.79. The Balaban J connectivity index is 2.38. The molecular formula is C14H11NO3. The zero-order valence-electron chi connectivity index (χ0n) is 10.1. The summed E-state index contributed by atoms with van der Waals surface area (Å²) >= 11 is 0. The molecule has 4 nitrogen and oxygen atoms in total. The molecule has 1 aromatic carbocycles. The fourth-order valence-electron chi connectivity index (χ4n) is 1.97. The third-order valence-electron chi connectivity index (χ3n) is 2.79. The van der Waals surface area contributed by atoms with Gasteiger partial charge in [-0.1, -0.05) is 12.1 Å². The highest BCUT2D eigenvalue weighted by Crippen LogP contribution is 2.27. The van der Waals surface area contributed by atoms with Crippen molar-refractivity contribution in [2.75, 3.05) is 0 Å². The summed E-state index contributed by atoms with van der Waals surface area (Å²) in [6.45, 7) is 3.72. The molecule has 0 atom stereocenters. The number of benzene rings is 1. The van der Waals surface area contributed by atoms with E-state index in [1.165, 1.54) is 6.07 Å². The molecule has 0 N–H and O–H groups in total. The van der Waals surface area contributed by atoms with Crippen LogP contribution < -0.4 is 5.63 Å². The van der Waals surface area contributed by atoms with Gasteiger partial charge < -0.3 is 8.83 Å². The minimum Gasteiger partial charge on any atom is -0.449 e. The third kappa shape index (κ3) is 1.72. The van der Waals surface area contributed by atoms with Crippen molar-refractivity contribution in [3.63, 3.8) is 0 Å². The van der Waals surface area contributed by atoms with Crippen molar-refractivity contribution in [2.45, 2.75) is 13.8 Å². The highest BCUT2D eigenvalue weighted by Gasteiger charge is 2.11. The summed E-state index contributed by atoms with van der Waals surface area (Å²) in [4.78, 5) is 15.8. The minimum absolute atomic E-state index is 0.385. The van der Waals surface area contributed by atoms with Gasteiger partial charge in [-0.2, -0.15) is 0 Å². The van der Waals surface area contributed by atoms with Crippen LogP contribution in [0.5, 0.6) is 0 Å². The van der Waals surface area contributed by atoms with E-state index in [1.54, 1.807) is 13.2 Å². The lowest BCUT2D eigenvalue weighted by molar-refractivity contribution is 0.521. The predicted octanol–water partition coefficient (Wildman–Crippen LogP) is 3.06. The average Bonchev–Trinajstić information content (AvgIpc) is 2.74. The van der Waals surface area contributed by atoms with Crippen LogP contribution in [0.15, 0.2) is 44.2 Å². The molecule has 0 aliphatic rings. The van der Waals surface area contributed by atoms with Crippen LogP contribution in [0.1, 0.15) is 11.5 Å². The lowest BCUT2D eigenvalue weighted by atomic mass is 10.1. The van der Waals surface area contributed by atoms with Crippen molar-refractivity contribution in [1.82, 2.24) is 4.98 Å². The van der Waals surface area contributed by atoms with Crippen LogP contribution in [0.4, 0.5) is 0 Å². The number of aryl methyl sites for hydroxylation is 2. The quantitative estimate of drug-likeness (QED) is 0.614. The lowest BCUT2D eigenvalue weighted by Crippen LogP contribution is -1.98. The predicted molar refractivity (Wildman–Crippen MR) is 67.5 cm³/mol. The molecular weight excluding hydrogens is 230 g/mol. The van der Waals surface area contributed by atoms with Crippen LogP contribution in [0.2, 0.25) is 0 Å². The summed E-state index contributed by atoms with van der Waals surface area (Å²) in [5.41, 5.74) is 2.60. The first-order valence-electron chi connectivity index (χ1n) is 5.60. The largest absolute Gasteiger partial charge is 0.449 e. The Bertz CT molecular complexity index is 783. The van der Waals surface area contributed by atoms with Gasteiger partial charge in [0.1, 0.15) is 17.5 Å². The first-order chi connectivity index (χ1) is 8.63. The Hall–Kier alpha value is -2.36. The topological polar surface area (TPSA) is 56.2 Å². The van der Waals surface area contributed by atoms with Crippen molar-refractivity contribution in [3.8, 4) is 11.3 Å². The number of nitrogens with zero attached hydrogens (tertiary/aromatic N) is 1. The number of fused-ring (bicyclic) bond motifs is 1. The number of hydrogen-bond donors (Lipinski definition) is 0. The zero-order valence-corrected chi connectivity index (χ0v) is 10.1.